The highest BCUT2D eigenvalue weighted by molar-refractivity contribution is 9.11. The quantitative estimate of drug-likeness (QED) is 0.203. The van der Waals surface area contributed by atoms with Crippen molar-refractivity contribution in [1.82, 2.24) is 0 Å². The first-order valence-corrected chi connectivity index (χ1v) is 10.3. The van der Waals surface area contributed by atoms with Crippen molar-refractivity contribution in [3.8, 4) is 23.7 Å². The van der Waals surface area contributed by atoms with E-state index >= 15 is 0 Å². The summed E-state index contributed by atoms with van der Waals surface area (Å²) >= 11 is 3.63. The molecule has 0 atom stereocenters. The molecule has 0 aliphatic heterocycles. The lowest BCUT2D eigenvalue weighted by molar-refractivity contribution is -0.136. The zero-order valence-corrected chi connectivity index (χ0v) is 17.5. The molecular formula is C23H31BrO2. The molecule has 0 aliphatic rings. The summed E-state index contributed by atoms with van der Waals surface area (Å²) in [6, 6.07) is 0. The third kappa shape index (κ3) is 20.3. The number of unbranched alkanes of at least 4 members (excludes halogenated alkanes) is 6. The van der Waals surface area contributed by atoms with Gasteiger partial charge in [-0.05, 0) is 54.5 Å². The molecule has 0 bridgehead atoms. The van der Waals surface area contributed by atoms with E-state index in [1.165, 1.54) is 43.0 Å². The van der Waals surface area contributed by atoms with E-state index in [9.17, 15) is 4.79 Å². The van der Waals surface area contributed by atoms with Gasteiger partial charge in [0, 0.05) is 6.42 Å². The van der Waals surface area contributed by atoms with E-state index in [0.29, 0.717) is 6.42 Å². The Kier molecular flexibility index (Phi) is 18.3. The van der Waals surface area contributed by atoms with Crippen LogP contribution in [0.25, 0.3) is 0 Å². The SMILES string of the molecule is CCC/C=C/C=C(/Br)CCCCCCC/C=C/C#CC#CCCC(=O)O. The summed E-state index contributed by atoms with van der Waals surface area (Å²) in [4.78, 5) is 10.3. The van der Waals surface area contributed by atoms with Crippen molar-refractivity contribution in [2.45, 2.75) is 77.6 Å². The minimum absolute atomic E-state index is 0.0771. The number of carboxylic acids is 1. The van der Waals surface area contributed by atoms with Crippen LogP contribution in [0.1, 0.15) is 77.6 Å². The summed E-state index contributed by atoms with van der Waals surface area (Å²) in [5.41, 5.74) is 0. The molecule has 0 radical (unpaired) electrons. The van der Waals surface area contributed by atoms with Gasteiger partial charge in [0.05, 0.1) is 6.42 Å². The van der Waals surface area contributed by atoms with Crippen LogP contribution in [0.3, 0.4) is 0 Å². The third-order valence-electron chi connectivity index (χ3n) is 3.54. The molecule has 0 spiro atoms. The summed E-state index contributed by atoms with van der Waals surface area (Å²) < 4.78 is 1.29. The van der Waals surface area contributed by atoms with E-state index < -0.39 is 5.97 Å². The second-order valence-corrected chi connectivity index (χ2v) is 7.02. The van der Waals surface area contributed by atoms with Crippen LogP contribution in [-0.4, -0.2) is 11.1 Å². The van der Waals surface area contributed by atoms with Gasteiger partial charge in [0.2, 0.25) is 0 Å². The molecule has 0 aromatic heterocycles. The molecule has 26 heavy (non-hydrogen) atoms. The molecule has 0 saturated heterocycles. The first kappa shape index (κ1) is 24.3. The Balaban J connectivity index is 3.55. The standard InChI is InChI=1S/C23H31BrO2/c1-2-3-4-16-19-22(24)20-17-14-12-10-8-6-5-7-9-11-13-15-18-21-23(25)26/h4-5,7,16,19H,2-3,6,8,10,12,14,17-18,20-21H2,1H3,(H,25,26)/b7-5+,16-4+,22-19+. The minimum atomic E-state index is -0.823. The number of allylic oxidation sites excluding steroid dienone is 6. The Morgan fingerprint density at radius 1 is 1.00 bits per heavy atom. The molecule has 0 rings (SSSR count). The van der Waals surface area contributed by atoms with Crippen LogP contribution >= 0.6 is 15.9 Å². The maximum absolute atomic E-state index is 10.3. The smallest absolute Gasteiger partial charge is 0.304 e. The van der Waals surface area contributed by atoms with Crippen molar-refractivity contribution in [3.05, 3.63) is 34.9 Å². The molecule has 0 aliphatic carbocycles. The van der Waals surface area contributed by atoms with Crippen molar-refractivity contribution in [2.24, 2.45) is 0 Å². The van der Waals surface area contributed by atoms with E-state index in [4.69, 9.17) is 5.11 Å². The van der Waals surface area contributed by atoms with Crippen LogP contribution in [0, 0.1) is 23.7 Å². The first-order valence-electron chi connectivity index (χ1n) is 9.53. The lowest BCUT2D eigenvalue weighted by Crippen LogP contribution is -1.91. The van der Waals surface area contributed by atoms with Crippen molar-refractivity contribution in [3.63, 3.8) is 0 Å². The molecular weight excluding hydrogens is 388 g/mol. The van der Waals surface area contributed by atoms with Crippen LogP contribution in [-0.2, 0) is 4.79 Å². The molecule has 3 heteroatoms. The number of halogens is 1. The third-order valence-corrected chi connectivity index (χ3v) is 4.20. The maximum atomic E-state index is 10.3. The van der Waals surface area contributed by atoms with Crippen LogP contribution in [0.15, 0.2) is 34.9 Å². The highest BCUT2D eigenvalue weighted by Crippen LogP contribution is 2.16. The number of carbonyl (C=O) groups is 1. The van der Waals surface area contributed by atoms with Gasteiger partial charge in [-0.3, -0.25) is 4.79 Å². The maximum Gasteiger partial charge on any atom is 0.304 e. The van der Waals surface area contributed by atoms with Crippen molar-refractivity contribution < 1.29 is 9.90 Å². The van der Waals surface area contributed by atoms with Gasteiger partial charge in [-0.25, -0.2) is 0 Å². The largest absolute Gasteiger partial charge is 0.481 e. The average molecular weight is 419 g/mol. The fourth-order valence-corrected chi connectivity index (χ4v) is 2.53. The molecule has 0 aromatic carbocycles. The van der Waals surface area contributed by atoms with Crippen LogP contribution in [0.5, 0.6) is 0 Å². The van der Waals surface area contributed by atoms with Gasteiger partial charge in [-0.1, -0.05) is 84.7 Å². The second kappa shape index (κ2) is 19.6. The Hall–Kier alpha value is -1.71. The molecule has 0 heterocycles. The van der Waals surface area contributed by atoms with Gasteiger partial charge in [0.25, 0.3) is 0 Å². The fraction of sp³-hybridized carbons (Fsp3) is 0.522. The number of hydrogen-bond acceptors (Lipinski definition) is 1. The molecule has 0 unspecified atom stereocenters. The first-order chi connectivity index (χ1) is 12.7. The highest BCUT2D eigenvalue weighted by Gasteiger charge is 1.93. The Morgan fingerprint density at radius 3 is 2.54 bits per heavy atom. The topological polar surface area (TPSA) is 37.3 Å². The number of aliphatic carboxylic acids is 1. The van der Waals surface area contributed by atoms with Crippen LogP contribution in [0.4, 0.5) is 0 Å². The van der Waals surface area contributed by atoms with Crippen molar-refractivity contribution in [2.75, 3.05) is 0 Å². The molecule has 0 fully saturated rings. The van der Waals surface area contributed by atoms with Crippen LogP contribution < -0.4 is 0 Å². The summed E-state index contributed by atoms with van der Waals surface area (Å²) in [5.74, 6) is 10.1. The monoisotopic (exact) mass is 418 g/mol. The van der Waals surface area contributed by atoms with Crippen LogP contribution in [0.2, 0.25) is 0 Å². The van der Waals surface area contributed by atoms with E-state index in [1.54, 1.807) is 0 Å². The summed E-state index contributed by atoms with van der Waals surface area (Å²) in [6.45, 7) is 2.19. The second-order valence-electron chi connectivity index (χ2n) is 6.00. The summed E-state index contributed by atoms with van der Waals surface area (Å²) in [7, 11) is 0. The fourth-order valence-electron chi connectivity index (χ4n) is 2.10. The Morgan fingerprint density at radius 2 is 1.77 bits per heavy atom. The van der Waals surface area contributed by atoms with Gasteiger partial charge in [0.1, 0.15) is 0 Å². The molecule has 0 aromatic rings. The zero-order valence-electron chi connectivity index (χ0n) is 15.9. The summed E-state index contributed by atoms with van der Waals surface area (Å²) in [6.07, 6.45) is 21.6. The Bertz CT molecular complexity index is 577. The molecule has 2 nitrogen and oxygen atoms in total. The number of carboxylic acid groups (broad SMARTS) is 1. The van der Waals surface area contributed by atoms with Gasteiger partial charge in [0.15, 0.2) is 0 Å². The van der Waals surface area contributed by atoms with Gasteiger partial charge in [-0.15, -0.1) is 0 Å². The normalized spacial score (nSPS) is 11.2. The lowest BCUT2D eigenvalue weighted by Gasteiger charge is -2.00. The predicted octanol–water partition coefficient (Wildman–Crippen LogP) is 6.78. The molecule has 0 amide bonds. The van der Waals surface area contributed by atoms with E-state index in [1.807, 2.05) is 6.08 Å². The van der Waals surface area contributed by atoms with E-state index in [-0.39, 0.29) is 6.42 Å². The number of rotatable bonds is 13. The number of hydrogen-bond donors (Lipinski definition) is 1. The zero-order chi connectivity index (χ0) is 19.3. The van der Waals surface area contributed by atoms with E-state index in [2.05, 4.69) is 70.8 Å². The minimum Gasteiger partial charge on any atom is -0.481 e. The average Bonchev–Trinajstić information content (AvgIpc) is 2.61. The van der Waals surface area contributed by atoms with Crippen molar-refractivity contribution in [1.29, 1.82) is 0 Å². The van der Waals surface area contributed by atoms with E-state index in [0.717, 1.165) is 19.3 Å². The molecule has 142 valence electrons. The Labute approximate surface area is 168 Å². The van der Waals surface area contributed by atoms with Crippen molar-refractivity contribution >= 4 is 21.9 Å². The van der Waals surface area contributed by atoms with Gasteiger partial charge < -0.3 is 5.11 Å². The van der Waals surface area contributed by atoms with Gasteiger partial charge >= 0.3 is 5.97 Å². The highest BCUT2D eigenvalue weighted by atomic mass is 79.9. The predicted molar refractivity (Wildman–Crippen MR) is 115 cm³/mol. The summed E-state index contributed by atoms with van der Waals surface area (Å²) in [5, 5.41) is 8.45. The van der Waals surface area contributed by atoms with Gasteiger partial charge in [-0.2, -0.15) is 0 Å². The molecule has 1 N–H and O–H groups in total. The lowest BCUT2D eigenvalue weighted by atomic mass is 10.1. The molecule has 0 saturated carbocycles.